The molecule has 0 saturated carbocycles. The Morgan fingerprint density at radius 3 is 1.32 bits per heavy atom. The highest BCUT2D eigenvalue weighted by Crippen LogP contribution is 2.34. The molecule has 0 radical (unpaired) electrons. The van der Waals surface area contributed by atoms with Crippen molar-refractivity contribution in [3.63, 3.8) is 0 Å². The summed E-state index contributed by atoms with van der Waals surface area (Å²) in [5.41, 5.74) is 7.46. The van der Waals surface area contributed by atoms with Crippen molar-refractivity contribution in [2.75, 3.05) is 36.2 Å². The zero-order valence-corrected chi connectivity index (χ0v) is 58.6. The third-order valence-electron chi connectivity index (χ3n) is 15.1. The van der Waals surface area contributed by atoms with Crippen LogP contribution in [0, 0.1) is 11.6 Å². The molecule has 0 unspecified atom stereocenters. The smallest absolute Gasteiger partial charge is 0.407 e. The first kappa shape index (κ1) is 77.6. The van der Waals surface area contributed by atoms with Crippen molar-refractivity contribution in [2.45, 2.75) is 115 Å². The van der Waals surface area contributed by atoms with Gasteiger partial charge in [0, 0.05) is 69.3 Å². The van der Waals surface area contributed by atoms with E-state index in [4.69, 9.17) is 65.2 Å². The van der Waals surface area contributed by atoms with Gasteiger partial charge in [-0.1, -0.05) is 119 Å². The molecular formula is C67H70Cl4F2N8O16S2. The number of hydrogen-bond donors (Lipinski definition) is 6. The Balaban J connectivity index is 0.000000281. The van der Waals surface area contributed by atoms with E-state index in [1.807, 2.05) is 0 Å². The lowest BCUT2D eigenvalue weighted by Crippen LogP contribution is -2.56. The summed E-state index contributed by atoms with van der Waals surface area (Å²) in [6.45, 7) is 4.58. The fourth-order valence-corrected chi connectivity index (χ4v) is 11.9. The van der Waals surface area contributed by atoms with Gasteiger partial charge in [0.05, 0.1) is 44.0 Å². The Kier molecular flexibility index (Phi) is 26.9. The Morgan fingerprint density at radius 2 is 0.949 bits per heavy atom. The van der Waals surface area contributed by atoms with Crippen LogP contribution in [0.25, 0.3) is 0 Å². The average Bonchev–Trinajstić information content (AvgIpc) is 0.790. The van der Waals surface area contributed by atoms with Gasteiger partial charge in [0.2, 0.25) is 35.4 Å². The maximum Gasteiger partial charge on any atom is 0.407 e. The molecule has 528 valence electrons. The summed E-state index contributed by atoms with van der Waals surface area (Å²) in [6.07, 6.45) is 0.0191. The average molecular weight is 1490 g/mol. The first-order valence-corrected chi connectivity index (χ1v) is 35.7. The molecule has 0 aliphatic carbocycles. The SMILES string of the molecule is CC(C)(C)OC(=O)NCC[C@H](NC(=O)[C@@H]1Cc2ccc(OS(C)(=O)=O)cc2CN1C(=O)CCC(=O)c1ccccc1)C(=O)Nc1ccc(Cl)c(Cl)c1F.CS(=O)(=O)Oc1ccc2c(c1)CN(C(=O)CCC(=O)c1ccccc1)[C@H](C(=O)N[C@@H](CCN)C(=O)Nc1ccc(Cl)c(Cl)c1F)C2. The topological polar surface area (TPSA) is 342 Å². The number of anilines is 2. The Hall–Kier alpha value is -8.77. The molecule has 0 saturated heterocycles. The van der Waals surface area contributed by atoms with Crippen LogP contribution in [0.3, 0.4) is 0 Å². The lowest BCUT2D eigenvalue weighted by Gasteiger charge is -2.37. The standard InChI is InChI=1S/C36H39Cl2FN4O9S.C31H31Cl2FN4O7S/c1-36(2,3)51-35(48)40-17-16-27(33(46)41-26-13-12-25(37)31(38)32(26)39)42-34(47)28-19-22-10-11-24(52-53(4,49)50)18-23(22)20-43(28)30(45)15-14-29(44)21-8-6-5-7-9-21;1-46(43,44)45-21-8-7-19-16-25(38(17-20(19)15-21)27(40)12-11-26(39)18-5-3-2-4-6-18)31(42)37-24(13-14-35)30(41)36-23-10-9-22(32)28(33)29(23)34/h5-13,18,27-28H,14-17,19-20H2,1-4H3,(H,40,48)(H,41,46)(H,42,47);2-10,15,24-25H,11-14,16-17,35H2,1H3,(H,36,41)(H,37,42)/t27-,28-;24-,25-/m00/s1. The first-order valence-electron chi connectivity index (χ1n) is 30.5. The van der Waals surface area contributed by atoms with Crippen molar-refractivity contribution >= 4 is 131 Å². The molecule has 99 heavy (non-hydrogen) atoms. The quantitative estimate of drug-likeness (QED) is 0.0177. The molecule has 2 heterocycles. The van der Waals surface area contributed by atoms with Gasteiger partial charge in [-0.25, -0.2) is 13.6 Å². The lowest BCUT2D eigenvalue weighted by molar-refractivity contribution is -0.142. The van der Waals surface area contributed by atoms with Crippen LogP contribution in [-0.2, 0) is 79.7 Å². The largest absolute Gasteiger partial charge is 0.444 e. The molecule has 8 rings (SSSR count). The number of carbonyl (C=O) groups is 9. The highest BCUT2D eigenvalue weighted by atomic mass is 35.5. The number of ketones is 2. The van der Waals surface area contributed by atoms with Crippen LogP contribution in [0.15, 0.2) is 121 Å². The number of alkyl carbamates (subject to hydrolysis) is 1. The predicted octanol–water partition coefficient (Wildman–Crippen LogP) is 9.29. The van der Waals surface area contributed by atoms with Gasteiger partial charge < -0.3 is 55.2 Å². The number of benzene rings is 6. The zero-order valence-electron chi connectivity index (χ0n) is 53.9. The van der Waals surface area contributed by atoms with Crippen molar-refractivity contribution in [3.05, 3.63) is 186 Å². The molecule has 7 amide bonds. The van der Waals surface area contributed by atoms with Gasteiger partial charge in [-0.05, 0) is 111 Å². The van der Waals surface area contributed by atoms with Gasteiger partial charge in [-0.3, -0.25) is 38.4 Å². The van der Waals surface area contributed by atoms with Crippen LogP contribution in [0.1, 0.15) is 102 Å². The van der Waals surface area contributed by atoms with E-state index in [2.05, 4.69) is 26.6 Å². The van der Waals surface area contributed by atoms with Gasteiger partial charge in [0.25, 0.3) is 0 Å². The molecule has 6 aromatic rings. The van der Waals surface area contributed by atoms with E-state index < -0.39 is 108 Å². The molecular weight excluding hydrogens is 1420 g/mol. The van der Waals surface area contributed by atoms with Crippen LogP contribution in [0.2, 0.25) is 20.1 Å². The van der Waals surface area contributed by atoms with Crippen molar-refractivity contribution in [2.24, 2.45) is 5.73 Å². The van der Waals surface area contributed by atoms with Crippen molar-refractivity contribution in [1.82, 2.24) is 25.8 Å². The molecule has 0 aromatic heterocycles. The molecule has 2 aliphatic heterocycles. The van der Waals surface area contributed by atoms with E-state index in [1.165, 1.54) is 58.3 Å². The number of ether oxygens (including phenoxy) is 1. The number of nitrogens with two attached hydrogens (primary N) is 1. The van der Waals surface area contributed by atoms with Crippen LogP contribution in [0.4, 0.5) is 25.0 Å². The second-order valence-electron chi connectivity index (χ2n) is 23.8. The molecule has 24 nitrogen and oxygen atoms in total. The maximum atomic E-state index is 14.9. The van der Waals surface area contributed by atoms with Gasteiger partial charge >= 0.3 is 26.3 Å². The zero-order chi connectivity index (χ0) is 72.7. The molecule has 6 aromatic carbocycles. The van der Waals surface area contributed by atoms with Crippen LogP contribution < -0.4 is 40.7 Å². The minimum absolute atomic E-state index is 0.00423. The summed E-state index contributed by atoms with van der Waals surface area (Å²) in [5.74, 6) is -6.63. The predicted molar refractivity (Wildman–Crippen MR) is 366 cm³/mol. The van der Waals surface area contributed by atoms with Crippen molar-refractivity contribution in [1.29, 1.82) is 0 Å². The number of hydrogen-bond acceptors (Lipinski definition) is 17. The summed E-state index contributed by atoms with van der Waals surface area (Å²) >= 11 is 23.5. The number of fused-ring (bicyclic) bond motifs is 2. The Bertz CT molecular complexity index is 4290. The van der Waals surface area contributed by atoms with E-state index in [9.17, 15) is 68.8 Å². The van der Waals surface area contributed by atoms with E-state index in [0.29, 0.717) is 33.4 Å². The van der Waals surface area contributed by atoms with Crippen molar-refractivity contribution in [3.8, 4) is 11.5 Å². The monoisotopic (exact) mass is 1480 g/mol. The number of halogens is 6. The van der Waals surface area contributed by atoms with E-state index in [1.54, 1.807) is 93.6 Å². The fourth-order valence-electron chi connectivity index (χ4n) is 10.4. The second kappa shape index (κ2) is 34.3. The summed E-state index contributed by atoms with van der Waals surface area (Å²) in [6, 6.07) is 25.8. The molecule has 32 heteroatoms. The maximum absolute atomic E-state index is 14.9. The number of nitrogens with one attached hydrogen (secondary N) is 5. The first-order chi connectivity index (χ1) is 46.6. The highest BCUT2D eigenvalue weighted by Gasteiger charge is 2.39. The van der Waals surface area contributed by atoms with Gasteiger partial charge in [-0.2, -0.15) is 16.8 Å². The fraction of sp³-hybridized carbons (Fsp3) is 0.328. The van der Waals surface area contributed by atoms with Gasteiger partial charge in [0.1, 0.15) is 41.3 Å². The van der Waals surface area contributed by atoms with Crippen LogP contribution in [0.5, 0.6) is 11.5 Å². The van der Waals surface area contributed by atoms with Crippen LogP contribution in [-0.4, -0.2) is 135 Å². The minimum atomic E-state index is -3.87. The molecule has 2 aliphatic rings. The number of amides is 7. The number of carbonyl (C=O) groups excluding carboxylic acids is 9. The third kappa shape index (κ3) is 22.6. The van der Waals surface area contributed by atoms with E-state index >= 15 is 0 Å². The number of Topliss-reactive ketones (excluding diaryl/α,β-unsaturated/α-hetero) is 2. The minimum Gasteiger partial charge on any atom is -0.444 e. The Morgan fingerprint density at radius 1 is 0.556 bits per heavy atom. The molecule has 0 spiro atoms. The number of rotatable bonds is 25. The summed E-state index contributed by atoms with van der Waals surface area (Å²) in [5, 5.41) is 11.6. The summed E-state index contributed by atoms with van der Waals surface area (Å²) < 4.78 is 91.7. The second-order valence-corrected chi connectivity index (χ2v) is 28.6. The third-order valence-corrected chi connectivity index (χ3v) is 17.6. The lowest BCUT2D eigenvalue weighted by atomic mass is 9.92. The Labute approximate surface area is 590 Å². The highest BCUT2D eigenvalue weighted by molar-refractivity contribution is 7.86. The summed E-state index contributed by atoms with van der Waals surface area (Å²) in [7, 11) is -7.69. The van der Waals surface area contributed by atoms with E-state index in [0.717, 1.165) is 12.5 Å². The van der Waals surface area contributed by atoms with E-state index in [-0.39, 0.29) is 127 Å². The summed E-state index contributed by atoms with van der Waals surface area (Å²) in [4.78, 5) is 122. The molecule has 7 N–H and O–H groups in total. The molecule has 0 fully saturated rings. The number of nitrogens with zero attached hydrogens (tertiary/aromatic N) is 2. The normalized spacial score (nSPS) is 14.8. The molecule has 4 atom stereocenters. The van der Waals surface area contributed by atoms with Crippen LogP contribution >= 0.6 is 46.4 Å². The van der Waals surface area contributed by atoms with Gasteiger partial charge in [0.15, 0.2) is 23.2 Å². The molecule has 0 bridgehead atoms. The van der Waals surface area contributed by atoms with Gasteiger partial charge in [-0.15, -0.1) is 0 Å². The van der Waals surface area contributed by atoms with Crippen molar-refractivity contribution < 1.29 is 81.9 Å².